The molecule has 3 rings (SSSR count). The van der Waals surface area contributed by atoms with Crippen LogP contribution >= 0.6 is 11.8 Å². The predicted octanol–water partition coefficient (Wildman–Crippen LogP) is 3.62. The molecule has 0 saturated heterocycles. The summed E-state index contributed by atoms with van der Waals surface area (Å²) in [4.78, 5) is 12.2. The van der Waals surface area contributed by atoms with Gasteiger partial charge in [0.1, 0.15) is 5.75 Å². The average molecular weight is 315 g/mol. The Hall–Kier alpha value is -2.05. The van der Waals surface area contributed by atoms with Crippen molar-refractivity contribution in [3.8, 4) is 5.75 Å². The summed E-state index contributed by atoms with van der Waals surface area (Å²) < 4.78 is 10.7. The highest BCUT2D eigenvalue weighted by Gasteiger charge is 2.06. The molecule has 0 fully saturated rings. The van der Waals surface area contributed by atoms with Crippen molar-refractivity contribution in [3.63, 3.8) is 0 Å². The lowest BCUT2D eigenvalue weighted by atomic mass is 10.3. The van der Waals surface area contributed by atoms with Gasteiger partial charge in [0.05, 0.1) is 16.7 Å². The Balaban J connectivity index is 1.66. The van der Waals surface area contributed by atoms with Crippen LogP contribution in [0.25, 0.3) is 11.0 Å². The van der Waals surface area contributed by atoms with Gasteiger partial charge in [0, 0.05) is 25.1 Å². The maximum absolute atomic E-state index is 5.61. The minimum atomic E-state index is -0.279. The summed E-state index contributed by atoms with van der Waals surface area (Å²) in [6.45, 7) is 1.85. The number of thioether (sulfide) groups is 1. The van der Waals surface area contributed by atoms with E-state index in [2.05, 4.69) is 15.0 Å². The van der Waals surface area contributed by atoms with Gasteiger partial charge in [-0.25, -0.2) is 4.98 Å². The third kappa shape index (κ3) is 3.58. The van der Waals surface area contributed by atoms with E-state index in [1.165, 1.54) is 0 Å². The third-order valence-corrected chi connectivity index (χ3v) is 4.05. The summed E-state index contributed by atoms with van der Waals surface area (Å²) in [5, 5.41) is 0.889. The molecule has 1 aromatic carbocycles. The van der Waals surface area contributed by atoms with E-state index >= 15 is 0 Å². The molecule has 2 heterocycles. The number of aromatic nitrogens is 3. The number of aromatic amines is 1. The van der Waals surface area contributed by atoms with E-state index in [1.54, 1.807) is 25.1 Å². The number of H-pyrrole nitrogens is 1. The molecule has 114 valence electrons. The minimum absolute atomic E-state index is 0.279. The van der Waals surface area contributed by atoms with Crippen LogP contribution in [0.1, 0.15) is 12.6 Å². The molecule has 3 aromatic rings. The molecule has 0 bridgehead atoms. The molecule has 1 N–H and O–H groups in total. The number of para-hydroxylation sites is 2. The normalized spacial score (nSPS) is 12.5. The molecule has 6 heteroatoms. The molecule has 2 aromatic heterocycles. The van der Waals surface area contributed by atoms with Crippen LogP contribution in [0, 0.1) is 0 Å². The lowest BCUT2D eigenvalue weighted by Gasteiger charge is -2.12. The highest BCUT2D eigenvalue weighted by molar-refractivity contribution is 7.98. The minimum Gasteiger partial charge on any atom is -0.465 e. The first kappa shape index (κ1) is 14.9. The zero-order valence-electron chi connectivity index (χ0n) is 12.4. The number of hydrogen-bond donors (Lipinski definition) is 1. The molecule has 0 aliphatic heterocycles. The molecule has 5 nitrogen and oxygen atoms in total. The van der Waals surface area contributed by atoms with E-state index in [0.717, 1.165) is 33.4 Å². The fourth-order valence-corrected chi connectivity index (χ4v) is 2.78. The fourth-order valence-electron chi connectivity index (χ4n) is 1.99. The van der Waals surface area contributed by atoms with Crippen LogP contribution in [-0.4, -0.2) is 28.4 Å². The van der Waals surface area contributed by atoms with E-state index in [-0.39, 0.29) is 6.29 Å². The first-order valence-electron chi connectivity index (χ1n) is 6.96. The number of pyridine rings is 1. The van der Waals surface area contributed by atoms with Crippen molar-refractivity contribution in [1.82, 2.24) is 15.0 Å². The largest absolute Gasteiger partial charge is 0.465 e. The maximum Gasteiger partial charge on any atom is 0.196 e. The number of fused-ring (bicyclic) bond motifs is 1. The molecule has 0 spiro atoms. The third-order valence-electron chi connectivity index (χ3n) is 3.15. The summed E-state index contributed by atoms with van der Waals surface area (Å²) >= 11 is 1.62. The summed E-state index contributed by atoms with van der Waals surface area (Å²) in [5.74, 6) is 1.47. The van der Waals surface area contributed by atoms with Crippen molar-refractivity contribution >= 4 is 22.8 Å². The van der Waals surface area contributed by atoms with Crippen molar-refractivity contribution in [2.75, 3.05) is 7.11 Å². The van der Waals surface area contributed by atoms with Crippen LogP contribution in [0.2, 0.25) is 0 Å². The highest BCUT2D eigenvalue weighted by Crippen LogP contribution is 2.23. The van der Waals surface area contributed by atoms with Crippen LogP contribution in [0.15, 0.2) is 47.8 Å². The smallest absolute Gasteiger partial charge is 0.196 e. The second kappa shape index (κ2) is 6.81. The van der Waals surface area contributed by atoms with Gasteiger partial charge in [-0.15, -0.1) is 0 Å². The Bertz CT molecular complexity index is 727. The van der Waals surface area contributed by atoms with Gasteiger partial charge in [0.25, 0.3) is 0 Å². The zero-order chi connectivity index (χ0) is 15.4. The molecule has 0 amide bonds. The van der Waals surface area contributed by atoms with Gasteiger partial charge < -0.3 is 14.5 Å². The molecule has 22 heavy (non-hydrogen) atoms. The van der Waals surface area contributed by atoms with Gasteiger partial charge in [-0.3, -0.25) is 4.98 Å². The van der Waals surface area contributed by atoms with Gasteiger partial charge in [-0.2, -0.15) is 0 Å². The standard InChI is InChI=1S/C16H17N3O2S/c1-11(20-2)21-13-7-8-17-12(9-13)10-22-16-18-14-5-3-4-6-15(14)19-16/h3-9,11H,10H2,1-2H3,(H,18,19). The summed E-state index contributed by atoms with van der Waals surface area (Å²) in [5.41, 5.74) is 2.96. The Morgan fingerprint density at radius 1 is 1.27 bits per heavy atom. The molecular formula is C16H17N3O2S. The lowest BCUT2D eigenvalue weighted by molar-refractivity contribution is -0.0383. The van der Waals surface area contributed by atoms with Crippen LogP contribution in [-0.2, 0) is 10.5 Å². The second-order valence-corrected chi connectivity index (χ2v) is 5.72. The number of nitrogens with one attached hydrogen (secondary N) is 1. The predicted molar refractivity (Wildman–Crippen MR) is 87.0 cm³/mol. The number of hydrogen-bond acceptors (Lipinski definition) is 5. The summed E-state index contributed by atoms with van der Waals surface area (Å²) in [7, 11) is 1.62. The molecule has 0 radical (unpaired) electrons. The topological polar surface area (TPSA) is 60.0 Å². The van der Waals surface area contributed by atoms with Crippen molar-refractivity contribution in [2.45, 2.75) is 24.1 Å². The van der Waals surface area contributed by atoms with Crippen LogP contribution in [0.5, 0.6) is 5.75 Å². The maximum atomic E-state index is 5.61. The number of ether oxygens (including phenoxy) is 2. The molecule has 0 saturated carbocycles. The molecule has 1 unspecified atom stereocenters. The molecule has 0 aliphatic rings. The number of nitrogens with zero attached hydrogens (tertiary/aromatic N) is 2. The number of benzene rings is 1. The van der Waals surface area contributed by atoms with Gasteiger partial charge in [-0.05, 0) is 25.1 Å². The molecule has 1 atom stereocenters. The number of imidazole rings is 1. The van der Waals surface area contributed by atoms with Gasteiger partial charge >= 0.3 is 0 Å². The van der Waals surface area contributed by atoms with Gasteiger partial charge in [-0.1, -0.05) is 23.9 Å². The first-order chi connectivity index (χ1) is 10.7. The van der Waals surface area contributed by atoms with Crippen LogP contribution in [0.4, 0.5) is 0 Å². The zero-order valence-corrected chi connectivity index (χ0v) is 13.3. The Morgan fingerprint density at radius 2 is 2.14 bits per heavy atom. The van der Waals surface area contributed by atoms with E-state index in [4.69, 9.17) is 9.47 Å². The Kier molecular flexibility index (Phi) is 4.60. The van der Waals surface area contributed by atoms with Crippen molar-refractivity contribution in [3.05, 3.63) is 48.3 Å². The monoisotopic (exact) mass is 315 g/mol. The molecule has 0 aliphatic carbocycles. The average Bonchev–Trinajstić information content (AvgIpc) is 2.96. The van der Waals surface area contributed by atoms with Crippen molar-refractivity contribution < 1.29 is 9.47 Å². The summed E-state index contributed by atoms with van der Waals surface area (Å²) in [6.07, 6.45) is 1.46. The van der Waals surface area contributed by atoms with Crippen molar-refractivity contribution in [1.29, 1.82) is 0 Å². The highest BCUT2D eigenvalue weighted by atomic mass is 32.2. The van der Waals surface area contributed by atoms with E-state index in [9.17, 15) is 0 Å². The molecular weight excluding hydrogens is 298 g/mol. The van der Waals surface area contributed by atoms with Crippen molar-refractivity contribution in [2.24, 2.45) is 0 Å². The second-order valence-electron chi connectivity index (χ2n) is 4.75. The summed E-state index contributed by atoms with van der Waals surface area (Å²) in [6, 6.07) is 11.7. The van der Waals surface area contributed by atoms with Crippen LogP contribution < -0.4 is 4.74 Å². The van der Waals surface area contributed by atoms with Gasteiger partial charge in [0.2, 0.25) is 0 Å². The van der Waals surface area contributed by atoms with E-state index < -0.39 is 0 Å². The van der Waals surface area contributed by atoms with Crippen LogP contribution in [0.3, 0.4) is 0 Å². The quantitative estimate of drug-likeness (QED) is 0.556. The fraction of sp³-hybridized carbons (Fsp3) is 0.250. The van der Waals surface area contributed by atoms with Gasteiger partial charge in [0.15, 0.2) is 11.4 Å². The van der Waals surface area contributed by atoms with E-state index in [0.29, 0.717) is 0 Å². The number of methoxy groups -OCH3 is 1. The lowest BCUT2D eigenvalue weighted by Crippen LogP contribution is -2.13. The SMILES string of the molecule is COC(C)Oc1ccnc(CSc2nc3ccccc3[nH]2)c1. The Morgan fingerprint density at radius 3 is 2.95 bits per heavy atom. The number of rotatable bonds is 6. The van der Waals surface area contributed by atoms with E-state index in [1.807, 2.05) is 43.3 Å². The first-order valence-corrected chi connectivity index (χ1v) is 7.95. The Labute approximate surface area is 133 Å².